The van der Waals surface area contributed by atoms with Crippen molar-refractivity contribution in [3.8, 4) is 17.3 Å². The van der Waals surface area contributed by atoms with Crippen molar-refractivity contribution < 1.29 is 0 Å². The van der Waals surface area contributed by atoms with Crippen molar-refractivity contribution in [3.05, 3.63) is 42.6 Å². The molecule has 0 aliphatic heterocycles. The molecule has 20 heavy (non-hydrogen) atoms. The Balaban J connectivity index is 1.97. The molecule has 1 aromatic carbocycles. The van der Waals surface area contributed by atoms with Gasteiger partial charge in [-0.25, -0.2) is 0 Å². The third-order valence-corrected chi connectivity index (χ3v) is 3.21. The Morgan fingerprint density at radius 3 is 2.80 bits per heavy atom. The Hall–Kier alpha value is -2.87. The van der Waals surface area contributed by atoms with Crippen LogP contribution in [0.15, 0.2) is 42.6 Å². The number of aromatic amines is 1. The Labute approximate surface area is 116 Å². The number of rotatable bonds is 3. The van der Waals surface area contributed by atoms with Crippen LogP contribution in [0.1, 0.15) is 0 Å². The average molecular weight is 263 g/mol. The van der Waals surface area contributed by atoms with Gasteiger partial charge in [0, 0.05) is 29.7 Å². The quantitative estimate of drug-likeness (QED) is 0.737. The summed E-state index contributed by atoms with van der Waals surface area (Å²) < 4.78 is 0. The van der Waals surface area contributed by atoms with E-state index in [1.54, 1.807) is 4.90 Å². The number of nitrogens with zero attached hydrogens (tertiary/aromatic N) is 4. The molecule has 0 atom stereocenters. The highest BCUT2D eigenvalue weighted by molar-refractivity contribution is 5.94. The molecule has 3 rings (SSSR count). The molecule has 0 spiro atoms. The fourth-order valence-corrected chi connectivity index (χ4v) is 2.14. The van der Waals surface area contributed by atoms with Crippen LogP contribution >= 0.6 is 0 Å². The molecular weight excluding hydrogens is 250 g/mol. The Morgan fingerprint density at radius 2 is 2.05 bits per heavy atom. The first-order valence-corrected chi connectivity index (χ1v) is 6.28. The van der Waals surface area contributed by atoms with Crippen LogP contribution < -0.4 is 4.90 Å². The highest BCUT2D eigenvalue weighted by Gasteiger charge is 2.08. The lowest BCUT2D eigenvalue weighted by atomic mass is 10.1. The molecule has 0 saturated heterocycles. The van der Waals surface area contributed by atoms with Crippen molar-refractivity contribution in [3.63, 3.8) is 0 Å². The number of H-pyrrole nitrogens is 1. The minimum atomic E-state index is 0.293. The fourth-order valence-electron chi connectivity index (χ4n) is 2.14. The van der Waals surface area contributed by atoms with E-state index in [0.717, 1.165) is 22.2 Å². The standard InChI is InChI=1S/C15H13N5/c1-20(9-8-16)15-7-6-14(18-19-15)12-10-17-13-5-3-2-4-11(12)13/h2-7,10,17H,9H2,1H3. The maximum atomic E-state index is 8.68. The zero-order chi connectivity index (χ0) is 13.9. The van der Waals surface area contributed by atoms with Crippen molar-refractivity contribution in [1.82, 2.24) is 15.2 Å². The van der Waals surface area contributed by atoms with Gasteiger partial charge in [-0.2, -0.15) is 5.26 Å². The average Bonchev–Trinajstić information content (AvgIpc) is 2.92. The zero-order valence-electron chi connectivity index (χ0n) is 11.0. The van der Waals surface area contributed by atoms with E-state index in [-0.39, 0.29) is 0 Å². The summed E-state index contributed by atoms with van der Waals surface area (Å²) in [6.45, 7) is 0.293. The van der Waals surface area contributed by atoms with Gasteiger partial charge in [0.1, 0.15) is 6.54 Å². The summed E-state index contributed by atoms with van der Waals surface area (Å²) in [5.41, 5.74) is 2.93. The van der Waals surface area contributed by atoms with Gasteiger partial charge in [-0.15, -0.1) is 10.2 Å². The number of hydrogen-bond donors (Lipinski definition) is 1. The number of para-hydroxylation sites is 1. The molecular formula is C15H13N5. The van der Waals surface area contributed by atoms with E-state index >= 15 is 0 Å². The van der Waals surface area contributed by atoms with E-state index in [2.05, 4.69) is 27.3 Å². The third-order valence-electron chi connectivity index (χ3n) is 3.21. The van der Waals surface area contributed by atoms with Crippen LogP contribution in [0.5, 0.6) is 0 Å². The number of fused-ring (bicyclic) bond motifs is 1. The number of aromatic nitrogens is 3. The molecule has 0 bridgehead atoms. The van der Waals surface area contributed by atoms with E-state index in [1.165, 1.54) is 0 Å². The van der Waals surface area contributed by atoms with Gasteiger partial charge < -0.3 is 9.88 Å². The maximum Gasteiger partial charge on any atom is 0.151 e. The topological polar surface area (TPSA) is 68.6 Å². The van der Waals surface area contributed by atoms with Crippen LogP contribution in [-0.2, 0) is 0 Å². The summed E-state index contributed by atoms with van der Waals surface area (Å²) in [6, 6.07) is 14.0. The fraction of sp³-hybridized carbons (Fsp3) is 0.133. The summed E-state index contributed by atoms with van der Waals surface area (Å²) in [4.78, 5) is 4.98. The molecule has 5 nitrogen and oxygen atoms in total. The minimum absolute atomic E-state index is 0.293. The van der Waals surface area contributed by atoms with Crippen LogP contribution in [-0.4, -0.2) is 28.8 Å². The van der Waals surface area contributed by atoms with Crippen molar-refractivity contribution in [1.29, 1.82) is 5.26 Å². The third kappa shape index (κ3) is 2.08. The molecule has 3 aromatic rings. The number of nitrogens with one attached hydrogen (secondary N) is 1. The van der Waals surface area contributed by atoms with E-state index < -0.39 is 0 Å². The molecule has 0 unspecified atom stereocenters. The first kappa shape index (κ1) is 12.2. The highest BCUT2D eigenvalue weighted by Crippen LogP contribution is 2.27. The molecule has 98 valence electrons. The van der Waals surface area contributed by atoms with Gasteiger partial charge in [-0.05, 0) is 18.2 Å². The molecule has 0 amide bonds. The Kier molecular flexibility index (Phi) is 3.05. The molecule has 0 aliphatic rings. The highest BCUT2D eigenvalue weighted by atomic mass is 15.2. The van der Waals surface area contributed by atoms with Crippen LogP contribution in [0.3, 0.4) is 0 Å². The molecule has 0 saturated carbocycles. The second-order valence-corrected chi connectivity index (χ2v) is 4.54. The Bertz CT molecular complexity index is 767. The van der Waals surface area contributed by atoms with Gasteiger partial charge in [-0.1, -0.05) is 18.2 Å². The van der Waals surface area contributed by atoms with Gasteiger partial charge in [0.05, 0.1) is 11.8 Å². The SMILES string of the molecule is CN(CC#N)c1ccc(-c2c[nH]c3ccccc23)nn1. The number of hydrogen-bond acceptors (Lipinski definition) is 4. The normalized spacial score (nSPS) is 10.4. The van der Waals surface area contributed by atoms with Crippen molar-refractivity contribution in [2.24, 2.45) is 0 Å². The molecule has 0 fully saturated rings. The largest absolute Gasteiger partial charge is 0.360 e. The Morgan fingerprint density at radius 1 is 1.20 bits per heavy atom. The molecule has 2 aromatic heterocycles. The molecule has 0 aliphatic carbocycles. The van der Waals surface area contributed by atoms with Gasteiger partial charge >= 0.3 is 0 Å². The van der Waals surface area contributed by atoms with E-state index in [1.807, 2.05) is 43.6 Å². The van der Waals surface area contributed by atoms with Crippen LogP contribution in [0, 0.1) is 11.3 Å². The summed E-state index contributed by atoms with van der Waals surface area (Å²) in [7, 11) is 1.82. The smallest absolute Gasteiger partial charge is 0.151 e. The van der Waals surface area contributed by atoms with Gasteiger partial charge in [0.2, 0.25) is 0 Å². The van der Waals surface area contributed by atoms with Gasteiger partial charge in [-0.3, -0.25) is 0 Å². The minimum Gasteiger partial charge on any atom is -0.360 e. The summed E-state index contributed by atoms with van der Waals surface area (Å²) in [6.07, 6.45) is 1.94. The van der Waals surface area contributed by atoms with Crippen LogP contribution in [0.4, 0.5) is 5.82 Å². The molecule has 1 N–H and O–H groups in total. The lowest BCUT2D eigenvalue weighted by Gasteiger charge is -2.12. The predicted molar refractivity (Wildman–Crippen MR) is 78.2 cm³/mol. The lowest BCUT2D eigenvalue weighted by molar-refractivity contribution is 0.935. The monoisotopic (exact) mass is 263 g/mol. The number of anilines is 1. The van der Waals surface area contributed by atoms with E-state index in [9.17, 15) is 0 Å². The summed E-state index contributed by atoms with van der Waals surface area (Å²) >= 11 is 0. The second-order valence-electron chi connectivity index (χ2n) is 4.54. The first-order chi connectivity index (χ1) is 9.79. The first-order valence-electron chi connectivity index (χ1n) is 6.28. The molecule has 0 radical (unpaired) electrons. The summed E-state index contributed by atoms with van der Waals surface area (Å²) in [5, 5.41) is 18.2. The predicted octanol–water partition coefficient (Wildman–Crippen LogP) is 2.58. The van der Waals surface area contributed by atoms with Crippen molar-refractivity contribution >= 4 is 16.7 Å². The molecule has 2 heterocycles. The van der Waals surface area contributed by atoms with E-state index in [4.69, 9.17) is 5.26 Å². The van der Waals surface area contributed by atoms with E-state index in [0.29, 0.717) is 12.4 Å². The summed E-state index contributed by atoms with van der Waals surface area (Å²) in [5.74, 6) is 0.690. The number of nitriles is 1. The van der Waals surface area contributed by atoms with Crippen LogP contribution in [0.2, 0.25) is 0 Å². The lowest BCUT2D eigenvalue weighted by Crippen LogP contribution is -2.18. The van der Waals surface area contributed by atoms with Gasteiger partial charge in [0.25, 0.3) is 0 Å². The van der Waals surface area contributed by atoms with Crippen molar-refractivity contribution in [2.75, 3.05) is 18.5 Å². The van der Waals surface area contributed by atoms with Gasteiger partial charge in [0.15, 0.2) is 5.82 Å². The van der Waals surface area contributed by atoms with Crippen molar-refractivity contribution in [2.45, 2.75) is 0 Å². The zero-order valence-corrected chi connectivity index (χ0v) is 11.0. The number of benzene rings is 1. The molecule has 5 heteroatoms. The maximum absolute atomic E-state index is 8.68. The second kappa shape index (κ2) is 5.02. The van der Waals surface area contributed by atoms with Crippen LogP contribution in [0.25, 0.3) is 22.2 Å².